The molecule has 1 aromatic rings. The molecule has 7 heteroatoms. The number of aromatic carboxylic acids is 1. The maximum absolute atomic E-state index is 12.7. The number of ether oxygens (including phenoxy) is 1. The Hall–Kier alpha value is -1.43. The number of halogens is 4. The second kappa shape index (κ2) is 4.83. The van der Waals surface area contributed by atoms with Crippen LogP contribution in [-0.2, 0) is 6.18 Å². The van der Waals surface area contributed by atoms with Gasteiger partial charge >= 0.3 is 12.1 Å². The maximum atomic E-state index is 12.7. The van der Waals surface area contributed by atoms with E-state index in [-0.39, 0.29) is 11.6 Å². The van der Waals surface area contributed by atoms with Crippen LogP contribution in [-0.4, -0.2) is 17.7 Å². The van der Waals surface area contributed by atoms with Crippen molar-refractivity contribution in [1.29, 1.82) is 0 Å². The van der Waals surface area contributed by atoms with Gasteiger partial charge in [-0.15, -0.1) is 0 Å². The van der Waals surface area contributed by atoms with Gasteiger partial charge in [-0.2, -0.15) is 13.2 Å². The normalized spacial score (nSPS) is 11.4. The summed E-state index contributed by atoms with van der Waals surface area (Å²) in [5.74, 6) is -2.04. The molecule has 0 bridgehead atoms. The van der Waals surface area contributed by atoms with E-state index >= 15 is 0 Å². The Morgan fingerprint density at radius 1 is 1.47 bits per heavy atom. The Morgan fingerprint density at radius 3 is 2.47 bits per heavy atom. The number of hydrogen-bond acceptors (Lipinski definition) is 2. The Bertz CT molecular complexity index is 443. The van der Waals surface area contributed by atoms with Gasteiger partial charge in [-0.1, -0.05) is 11.6 Å². The number of benzene rings is 1. The van der Waals surface area contributed by atoms with Gasteiger partial charge in [0, 0.05) is 0 Å². The molecule has 94 valence electrons. The number of alkyl halides is 3. The highest BCUT2D eigenvalue weighted by Crippen LogP contribution is 2.41. The molecule has 1 aromatic carbocycles. The first-order chi connectivity index (χ1) is 7.77. The standard InChI is InChI=1S/C10H8ClF3O3/c1-2-17-8-6(10(12,13)14)3-5(9(15)16)4-7(8)11/h3-4H,2H2,1H3,(H,15,16). The van der Waals surface area contributed by atoms with Crippen LogP contribution in [0.5, 0.6) is 5.75 Å². The molecule has 0 aliphatic heterocycles. The van der Waals surface area contributed by atoms with Crippen LogP contribution in [0.1, 0.15) is 22.8 Å². The van der Waals surface area contributed by atoms with Gasteiger partial charge < -0.3 is 9.84 Å². The third-order valence-electron chi connectivity index (χ3n) is 1.88. The highest BCUT2D eigenvalue weighted by Gasteiger charge is 2.36. The summed E-state index contributed by atoms with van der Waals surface area (Å²) in [4.78, 5) is 10.6. The average Bonchev–Trinajstić information content (AvgIpc) is 2.18. The summed E-state index contributed by atoms with van der Waals surface area (Å²) in [6, 6.07) is 1.42. The first-order valence-corrected chi connectivity index (χ1v) is 4.92. The molecular weight excluding hydrogens is 261 g/mol. The van der Waals surface area contributed by atoms with Crippen LogP contribution in [0.4, 0.5) is 13.2 Å². The minimum Gasteiger partial charge on any atom is -0.492 e. The molecule has 3 nitrogen and oxygen atoms in total. The highest BCUT2D eigenvalue weighted by atomic mass is 35.5. The molecule has 0 saturated carbocycles. The van der Waals surface area contributed by atoms with Crippen molar-refractivity contribution in [2.24, 2.45) is 0 Å². The van der Waals surface area contributed by atoms with Crippen molar-refractivity contribution >= 4 is 17.6 Å². The van der Waals surface area contributed by atoms with Crippen LogP contribution in [0.25, 0.3) is 0 Å². The lowest BCUT2D eigenvalue weighted by Gasteiger charge is -2.15. The lowest BCUT2D eigenvalue weighted by Crippen LogP contribution is -2.11. The topological polar surface area (TPSA) is 46.5 Å². The molecule has 0 fully saturated rings. The highest BCUT2D eigenvalue weighted by molar-refractivity contribution is 6.32. The van der Waals surface area contributed by atoms with Crippen LogP contribution < -0.4 is 4.74 Å². The molecular formula is C10H8ClF3O3. The molecule has 0 atom stereocenters. The van der Waals surface area contributed by atoms with E-state index in [9.17, 15) is 18.0 Å². The summed E-state index contributed by atoms with van der Waals surface area (Å²) < 4.78 is 42.8. The summed E-state index contributed by atoms with van der Waals surface area (Å²) >= 11 is 5.58. The van der Waals surface area contributed by atoms with Gasteiger partial charge in [0.05, 0.1) is 22.8 Å². The first-order valence-electron chi connectivity index (χ1n) is 4.54. The fourth-order valence-electron chi connectivity index (χ4n) is 1.22. The molecule has 0 heterocycles. The van der Waals surface area contributed by atoms with Crippen LogP contribution in [0.3, 0.4) is 0 Å². The van der Waals surface area contributed by atoms with Crippen LogP contribution in [0, 0.1) is 0 Å². The van der Waals surface area contributed by atoms with Gasteiger partial charge in [-0.3, -0.25) is 0 Å². The van der Waals surface area contributed by atoms with Crippen molar-refractivity contribution in [2.45, 2.75) is 13.1 Å². The zero-order valence-corrected chi connectivity index (χ0v) is 9.39. The Balaban J connectivity index is 3.45. The largest absolute Gasteiger partial charge is 0.492 e. The lowest BCUT2D eigenvalue weighted by atomic mass is 10.1. The van der Waals surface area contributed by atoms with Crippen LogP contribution >= 0.6 is 11.6 Å². The van der Waals surface area contributed by atoms with Gasteiger partial charge in [0.25, 0.3) is 0 Å². The van der Waals surface area contributed by atoms with Crippen LogP contribution in [0.15, 0.2) is 12.1 Å². The van der Waals surface area contributed by atoms with E-state index in [0.29, 0.717) is 6.07 Å². The van der Waals surface area contributed by atoms with Crippen molar-refractivity contribution in [3.8, 4) is 5.75 Å². The van der Waals surface area contributed by atoms with E-state index in [4.69, 9.17) is 21.4 Å². The van der Waals surface area contributed by atoms with Crippen LogP contribution in [0.2, 0.25) is 5.02 Å². The summed E-state index contributed by atoms with van der Waals surface area (Å²) in [5.41, 5.74) is -1.73. The molecule has 0 aliphatic rings. The van der Waals surface area contributed by atoms with E-state index in [2.05, 4.69) is 0 Å². The van der Waals surface area contributed by atoms with Gasteiger partial charge in [-0.05, 0) is 19.1 Å². The predicted octanol–water partition coefficient (Wildman–Crippen LogP) is 3.46. The minimum atomic E-state index is -4.72. The number of carbonyl (C=O) groups is 1. The molecule has 0 unspecified atom stereocenters. The molecule has 0 aliphatic carbocycles. The lowest BCUT2D eigenvalue weighted by molar-refractivity contribution is -0.138. The fourth-order valence-corrected chi connectivity index (χ4v) is 1.49. The summed E-state index contributed by atoms with van der Waals surface area (Å²) in [5, 5.41) is 8.28. The Morgan fingerprint density at radius 2 is 2.06 bits per heavy atom. The summed E-state index contributed by atoms with van der Waals surface area (Å²) in [6.07, 6.45) is -4.72. The Kier molecular flexibility index (Phi) is 3.87. The maximum Gasteiger partial charge on any atom is 0.420 e. The molecule has 0 amide bonds. The third-order valence-corrected chi connectivity index (χ3v) is 2.17. The average molecular weight is 269 g/mol. The molecule has 0 saturated heterocycles. The molecule has 17 heavy (non-hydrogen) atoms. The third kappa shape index (κ3) is 3.03. The molecule has 0 aromatic heterocycles. The summed E-state index contributed by atoms with van der Waals surface area (Å²) in [7, 11) is 0. The smallest absolute Gasteiger partial charge is 0.420 e. The van der Waals surface area contributed by atoms with Crippen molar-refractivity contribution in [2.75, 3.05) is 6.61 Å². The van der Waals surface area contributed by atoms with Gasteiger partial charge in [0.1, 0.15) is 5.75 Å². The number of carboxylic acids is 1. The molecule has 0 radical (unpaired) electrons. The molecule has 1 N–H and O–H groups in total. The number of carboxylic acid groups (broad SMARTS) is 1. The van der Waals surface area contributed by atoms with E-state index in [1.165, 1.54) is 6.92 Å². The minimum absolute atomic E-state index is 0.00474. The van der Waals surface area contributed by atoms with Gasteiger partial charge in [-0.25, -0.2) is 4.79 Å². The van der Waals surface area contributed by atoms with E-state index in [1.54, 1.807) is 0 Å². The van der Waals surface area contributed by atoms with E-state index in [0.717, 1.165) is 6.07 Å². The number of rotatable bonds is 3. The summed E-state index contributed by atoms with van der Waals surface area (Å²) in [6.45, 7) is 1.50. The van der Waals surface area contributed by atoms with Crippen molar-refractivity contribution in [3.63, 3.8) is 0 Å². The zero-order chi connectivity index (χ0) is 13.2. The molecule has 1 rings (SSSR count). The first kappa shape index (κ1) is 13.6. The monoisotopic (exact) mass is 268 g/mol. The quantitative estimate of drug-likeness (QED) is 0.913. The Labute approximate surface area is 99.8 Å². The van der Waals surface area contributed by atoms with E-state index < -0.39 is 29.0 Å². The second-order valence-electron chi connectivity index (χ2n) is 3.07. The van der Waals surface area contributed by atoms with Crippen molar-refractivity contribution < 1.29 is 27.8 Å². The fraction of sp³-hybridized carbons (Fsp3) is 0.300. The van der Waals surface area contributed by atoms with Crippen molar-refractivity contribution in [3.05, 3.63) is 28.3 Å². The number of hydrogen-bond donors (Lipinski definition) is 1. The van der Waals surface area contributed by atoms with Gasteiger partial charge in [0.2, 0.25) is 0 Å². The SMILES string of the molecule is CCOc1c(Cl)cc(C(=O)O)cc1C(F)(F)F. The predicted molar refractivity (Wildman–Crippen MR) is 54.6 cm³/mol. The van der Waals surface area contributed by atoms with Crippen molar-refractivity contribution in [1.82, 2.24) is 0 Å². The molecule has 0 spiro atoms. The zero-order valence-electron chi connectivity index (χ0n) is 8.64. The van der Waals surface area contributed by atoms with E-state index in [1.807, 2.05) is 0 Å². The van der Waals surface area contributed by atoms with Gasteiger partial charge in [0.15, 0.2) is 0 Å². The second-order valence-corrected chi connectivity index (χ2v) is 3.48.